The van der Waals surface area contributed by atoms with Crippen molar-refractivity contribution in [2.45, 2.75) is 38.8 Å². The summed E-state index contributed by atoms with van der Waals surface area (Å²) in [5, 5.41) is 8.20. The number of piperidine rings is 1. The smallest absolute Gasteiger partial charge is 0.287 e. The molecule has 0 bridgehead atoms. The number of benzene rings is 1. The maximum Gasteiger partial charge on any atom is 0.287 e. The average molecular weight is 453 g/mol. The molecule has 0 unspecified atom stereocenters. The topological polar surface area (TPSA) is 87.5 Å². The molecule has 3 heterocycles. The molecule has 2 amide bonds. The van der Waals surface area contributed by atoms with Crippen LogP contribution in [0.25, 0.3) is 0 Å². The largest absolute Gasteiger partial charge is 0.459 e. The van der Waals surface area contributed by atoms with Crippen molar-refractivity contribution in [2.75, 3.05) is 18.4 Å². The Labute approximate surface area is 191 Å². The van der Waals surface area contributed by atoms with Gasteiger partial charge in [-0.25, -0.2) is 4.98 Å². The van der Waals surface area contributed by atoms with Gasteiger partial charge >= 0.3 is 0 Å². The molecule has 1 aliphatic heterocycles. The number of amides is 2. The van der Waals surface area contributed by atoms with Crippen LogP contribution in [0.15, 0.2) is 58.5 Å². The summed E-state index contributed by atoms with van der Waals surface area (Å²) >= 11 is 1.41. The van der Waals surface area contributed by atoms with Crippen molar-refractivity contribution in [3.05, 3.63) is 71.1 Å². The zero-order valence-corrected chi connectivity index (χ0v) is 18.9. The second kappa shape index (κ2) is 10.6. The molecule has 3 aromatic rings. The summed E-state index contributed by atoms with van der Waals surface area (Å²) < 4.78 is 5.17. The molecule has 168 valence electrons. The van der Waals surface area contributed by atoms with Crippen LogP contribution < -0.4 is 10.6 Å². The van der Waals surface area contributed by atoms with Crippen molar-refractivity contribution in [3.63, 3.8) is 0 Å². The van der Waals surface area contributed by atoms with Crippen LogP contribution in [0.5, 0.6) is 0 Å². The molecule has 4 rings (SSSR count). The molecule has 0 aliphatic carbocycles. The van der Waals surface area contributed by atoms with Crippen LogP contribution in [0, 0.1) is 5.92 Å². The zero-order chi connectivity index (χ0) is 22.3. The van der Waals surface area contributed by atoms with Crippen molar-refractivity contribution in [2.24, 2.45) is 5.92 Å². The molecule has 8 heteroatoms. The normalized spacial score (nSPS) is 15.9. The molecule has 0 saturated carbocycles. The number of hydrogen-bond donors (Lipinski definition) is 2. The van der Waals surface area contributed by atoms with E-state index in [2.05, 4.69) is 27.4 Å². The highest BCUT2D eigenvalue weighted by molar-refractivity contribution is 7.13. The fourth-order valence-electron chi connectivity index (χ4n) is 3.77. The van der Waals surface area contributed by atoms with Crippen LogP contribution in [0.3, 0.4) is 0 Å². The highest BCUT2D eigenvalue weighted by atomic mass is 32.1. The Morgan fingerprint density at radius 1 is 1.19 bits per heavy atom. The molecule has 7 nitrogen and oxygen atoms in total. The third kappa shape index (κ3) is 6.05. The van der Waals surface area contributed by atoms with Gasteiger partial charge in [0.1, 0.15) is 6.04 Å². The quantitative estimate of drug-likeness (QED) is 0.540. The van der Waals surface area contributed by atoms with Gasteiger partial charge in [0.15, 0.2) is 10.9 Å². The molecule has 1 aliphatic rings. The fraction of sp³-hybridized carbons (Fsp3) is 0.375. The van der Waals surface area contributed by atoms with Crippen molar-refractivity contribution < 1.29 is 14.0 Å². The van der Waals surface area contributed by atoms with Crippen LogP contribution in [0.4, 0.5) is 5.13 Å². The average Bonchev–Trinajstić information content (AvgIpc) is 3.48. The summed E-state index contributed by atoms with van der Waals surface area (Å²) in [6, 6.07) is 12.1. The highest BCUT2D eigenvalue weighted by Gasteiger charge is 2.24. The zero-order valence-electron chi connectivity index (χ0n) is 18.1. The van der Waals surface area contributed by atoms with Crippen LogP contribution in [0.2, 0.25) is 0 Å². The number of hydrogen-bond acceptors (Lipinski definition) is 6. The monoisotopic (exact) mass is 452 g/mol. The SMILES string of the molecule is CC1CCN(Cc2csc(NC(=O)[C@H](Cc3ccccc3)NC(=O)c3ccco3)n2)CC1. The summed E-state index contributed by atoms with van der Waals surface area (Å²) in [4.78, 5) is 32.6. The summed E-state index contributed by atoms with van der Waals surface area (Å²) in [5.41, 5.74) is 1.91. The van der Waals surface area contributed by atoms with Gasteiger partial charge in [0.2, 0.25) is 5.91 Å². The van der Waals surface area contributed by atoms with Gasteiger partial charge in [-0.3, -0.25) is 14.5 Å². The van der Waals surface area contributed by atoms with E-state index < -0.39 is 11.9 Å². The number of rotatable bonds is 8. The van der Waals surface area contributed by atoms with Crippen LogP contribution in [0.1, 0.15) is 41.6 Å². The first-order valence-electron chi connectivity index (χ1n) is 10.9. The van der Waals surface area contributed by atoms with E-state index >= 15 is 0 Å². The Balaban J connectivity index is 1.40. The Kier molecular flexibility index (Phi) is 7.34. The minimum absolute atomic E-state index is 0.170. The lowest BCUT2D eigenvalue weighted by Gasteiger charge is -2.29. The third-order valence-corrected chi connectivity index (χ3v) is 6.50. The molecular weight excluding hydrogens is 424 g/mol. The predicted molar refractivity (Wildman–Crippen MR) is 125 cm³/mol. The Morgan fingerprint density at radius 2 is 1.97 bits per heavy atom. The minimum Gasteiger partial charge on any atom is -0.459 e. The van der Waals surface area contributed by atoms with E-state index in [0.29, 0.717) is 11.6 Å². The molecule has 1 atom stereocenters. The second-order valence-corrected chi connectivity index (χ2v) is 9.14. The molecule has 0 radical (unpaired) electrons. The highest BCUT2D eigenvalue weighted by Crippen LogP contribution is 2.21. The van der Waals surface area contributed by atoms with Crippen molar-refractivity contribution in [3.8, 4) is 0 Å². The van der Waals surface area contributed by atoms with E-state index in [0.717, 1.165) is 36.8 Å². The van der Waals surface area contributed by atoms with Gasteiger partial charge < -0.3 is 15.1 Å². The first-order chi connectivity index (χ1) is 15.6. The van der Waals surface area contributed by atoms with Crippen molar-refractivity contribution in [1.82, 2.24) is 15.2 Å². The number of carbonyl (C=O) groups excluding carboxylic acids is 2. The Hall–Kier alpha value is -2.97. The maximum absolute atomic E-state index is 13.1. The summed E-state index contributed by atoms with van der Waals surface area (Å²) in [6.07, 6.45) is 4.22. The number of nitrogens with zero attached hydrogens (tertiary/aromatic N) is 2. The van der Waals surface area contributed by atoms with Gasteiger partial charge in [-0.15, -0.1) is 11.3 Å². The van der Waals surface area contributed by atoms with Gasteiger partial charge in [0.05, 0.1) is 12.0 Å². The van der Waals surface area contributed by atoms with Crippen LogP contribution in [-0.2, 0) is 17.8 Å². The number of carbonyl (C=O) groups is 2. The minimum atomic E-state index is -0.758. The van der Waals surface area contributed by atoms with Crippen LogP contribution >= 0.6 is 11.3 Å². The van der Waals surface area contributed by atoms with E-state index in [1.54, 1.807) is 12.1 Å². The number of aromatic nitrogens is 1. The molecule has 0 spiro atoms. The lowest BCUT2D eigenvalue weighted by molar-refractivity contribution is -0.118. The van der Waals surface area contributed by atoms with Gasteiger partial charge in [0, 0.05) is 18.3 Å². The van der Waals surface area contributed by atoms with Crippen molar-refractivity contribution >= 4 is 28.3 Å². The molecule has 1 saturated heterocycles. The maximum atomic E-state index is 13.1. The number of nitrogens with one attached hydrogen (secondary N) is 2. The first kappa shape index (κ1) is 22.2. The number of anilines is 1. The lowest BCUT2D eigenvalue weighted by Crippen LogP contribution is -2.45. The van der Waals surface area contributed by atoms with Gasteiger partial charge in [-0.05, 0) is 49.5 Å². The molecule has 32 heavy (non-hydrogen) atoms. The molecular formula is C24H28N4O3S. The summed E-state index contributed by atoms with van der Waals surface area (Å²) in [6.45, 7) is 5.25. The molecule has 2 aromatic heterocycles. The van der Waals surface area contributed by atoms with Gasteiger partial charge in [0.25, 0.3) is 5.91 Å². The van der Waals surface area contributed by atoms with E-state index in [9.17, 15) is 9.59 Å². The van der Waals surface area contributed by atoms with E-state index in [-0.39, 0.29) is 11.7 Å². The molecule has 2 N–H and O–H groups in total. The van der Waals surface area contributed by atoms with E-state index in [4.69, 9.17) is 4.42 Å². The molecule has 1 aromatic carbocycles. The van der Waals surface area contributed by atoms with E-state index in [1.165, 1.54) is 30.4 Å². The molecule has 1 fully saturated rings. The number of furan rings is 1. The van der Waals surface area contributed by atoms with Gasteiger partial charge in [-0.2, -0.15) is 0 Å². The lowest BCUT2D eigenvalue weighted by atomic mass is 9.99. The Bertz CT molecular complexity index is 1010. The number of thiazole rings is 1. The first-order valence-corrected chi connectivity index (χ1v) is 11.8. The fourth-order valence-corrected chi connectivity index (χ4v) is 4.48. The standard InChI is InChI=1S/C24H28N4O3S/c1-17-9-11-28(12-10-17)15-19-16-32-24(25-19)27-22(29)20(14-18-6-3-2-4-7-18)26-23(30)21-8-5-13-31-21/h2-8,13,16-17,20H,9-12,14-15H2,1H3,(H,26,30)(H,25,27,29)/t20-/m0/s1. The summed E-state index contributed by atoms with van der Waals surface area (Å²) in [5.74, 6) is 0.226. The predicted octanol–water partition coefficient (Wildman–Crippen LogP) is 3.95. The second-order valence-electron chi connectivity index (χ2n) is 8.28. The van der Waals surface area contributed by atoms with E-state index in [1.807, 2.05) is 35.7 Å². The van der Waals surface area contributed by atoms with Gasteiger partial charge in [-0.1, -0.05) is 37.3 Å². The third-order valence-electron chi connectivity index (χ3n) is 5.69. The van der Waals surface area contributed by atoms with Crippen LogP contribution in [-0.4, -0.2) is 40.8 Å². The van der Waals surface area contributed by atoms with Crippen molar-refractivity contribution in [1.29, 1.82) is 0 Å². The Morgan fingerprint density at radius 3 is 2.69 bits per heavy atom. The number of likely N-dealkylation sites (tertiary alicyclic amines) is 1. The summed E-state index contributed by atoms with van der Waals surface area (Å²) in [7, 11) is 0.